The summed E-state index contributed by atoms with van der Waals surface area (Å²) < 4.78 is 1.64. The maximum absolute atomic E-state index is 12.9. The number of rotatable bonds is 4. The highest BCUT2D eigenvalue weighted by Crippen LogP contribution is 2.19. The van der Waals surface area contributed by atoms with Crippen molar-refractivity contribution in [1.29, 1.82) is 0 Å². The molecule has 3 rings (SSSR count). The highest BCUT2D eigenvalue weighted by atomic mass is 16.1. The lowest BCUT2D eigenvalue weighted by molar-refractivity contribution is 0.944. The Morgan fingerprint density at radius 1 is 0.957 bits per heavy atom. The van der Waals surface area contributed by atoms with Crippen molar-refractivity contribution in [3.8, 4) is 17.1 Å². The monoisotopic (exact) mass is 300 g/mol. The molecule has 2 aromatic carbocycles. The van der Waals surface area contributed by atoms with Gasteiger partial charge in [0.05, 0.1) is 11.3 Å². The van der Waals surface area contributed by atoms with E-state index >= 15 is 0 Å². The van der Waals surface area contributed by atoms with E-state index in [0.717, 1.165) is 11.3 Å². The highest BCUT2D eigenvalue weighted by Gasteiger charge is 2.12. The van der Waals surface area contributed by atoms with Gasteiger partial charge in [-0.15, -0.1) is 0 Å². The van der Waals surface area contributed by atoms with Crippen molar-refractivity contribution in [2.45, 2.75) is 0 Å². The molecule has 0 saturated heterocycles. The summed E-state index contributed by atoms with van der Waals surface area (Å²) in [6, 6.07) is 19.2. The molecule has 0 aliphatic rings. The predicted molar refractivity (Wildman–Crippen MR) is 94.5 cm³/mol. The molecule has 3 aromatic rings. The van der Waals surface area contributed by atoms with Crippen LogP contribution < -0.4 is 5.56 Å². The van der Waals surface area contributed by atoms with E-state index in [1.807, 2.05) is 60.7 Å². The lowest BCUT2D eigenvalue weighted by Gasteiger charge is -2.13. The fourth-order valence-corrected chi connectivity index (χ4v) is 2.36. The molecule has 0 radical (unpaired) electrons. The molecular formula is C20H16N2O. The average molecular weight is 300 g/mol. The third-order valence-corrected chi connectivity index (χ3v) is 3.45. The van der Waals surface area contributed by atoms with Gasteiger partial charge in [0.2, 0.25) is 0 Å². The largest absolute Gasteiger partial charge is 0.268 e. The van der Waals surface area contributed by atoms with E-state index < -0.39 is 0 Å². The first kappa shape index (κ1) is 14.7. The summed E-state index contributed by atoms with van der Waals surface area (Å²) in [7, 11) is 0. The summed E-state index contributed by atoms with van der Waals surface area (Å²) >= 11 is 0. The number of para-hydroxylation sites is 1. The van der Waals surface area contributed by atoms with E-state index in [1.165, 1.54) is 0 Å². The number of hydrogen-bond donors (Lipinski definition) is 0. The zero-order chi connectivity index (χ0) is 16.1. The van der Waals surface area contributed by atoms with Crippen molar-refractivity contribution in [1.82, 2.24) is 9.55 Å². The van der Waals surface area contributed by atoms with Crippen molar-refractivity contribution >= 4 is 6.08 Å². The number of hydrogen-bond acceptors (Lipinski definition) is 2. The second-order valence-corrected chi connectivity index (χ2v) is 4.97. The van der Waals surface area contributed by atoms with Gasteiger partial charge in [-0.25, -0.2) is 4.98 Å². The van der Waals surface area contributed by atoms with Crippen LogP contribution in [0.25, 0.3) is 23.2 Å². The molecule has 0 N–H and O–H groups in total. The predicted octanol–water partition coefficient (Wildman–Crippen LogP) is 4.10. The molecule has 0 aliphatic carbocycles. The van der Waals surface area contributed by atoms with Crippen LogP contribution in [0.4, 0.5) is 0 Å². The maximum Gasteiger partial charge on any atom is 0.265 e. The van der Waals surface area contributed by atoms with E-state index in [4.69, 9.17) is 0 Å². The lowest BCUT2D eigenvalue weighted by Crippen LogP contribution is -2.23. The van der Waals surface area contributed by atoms with Crippen LogP contribution in [0.5, 0.6) is 0 Å². The molecular weight excluding hydrogens is 284 g/mol. The molecule has 0 fully saturated rings. The van der Waals surface area contributed by atoms with Gasteiger partial charge in [0.15, 0.2) is 0 Å². The van der Waals surface area contributed by atoms with E-state index in [1.54, 1.807) is 29.0 Å². The van der Waals surface area contributed by atoms with Gasteiger partial charge in [-0.05, 0) is 18.2 Å². The minimum atomic E-state index is -0.108. The Balaban J connectivity index is 2.29. The molecule has 0 saturated carbocycles. The Kier molecular flexibility index (Phi) is 4.29. The van der Waals surface area contributed by atoms with Gasteiger partial charge < -0.3 is 0 Å². The van der Waals surface area contributed by atoms with Crippen molar-refractivity contribution in [2.24, 2.45) is 0 Å². The molecule has 0 spiro atoms. The van der Waals surface area contributed by atoms with Crippen molar-refractivity contribution in [2.75, 3.05) is 0 Å². The fraction of sp³-hybridized carbons (Fsp3) is 0. The van der Waals surface area contributed by atoms with E-state index in [2.05, 4.69) is 11.6 Å². The zero-order valence-corrected chi connectivity index (χ0v) is 12.6. The minimum absolute atomic E-state index is 0.108. The summed E-state index contributed by atoms with van der Waals surface area (Å²) in [5.41, 5.74) is 2.10. The van der Waals surface area contributed by atoms with Gasteiger partial charge in [-0.2, -0.15) is 0 Å². The topological polar surface area (TPSA) is 34.9 Å². The van der Waals surface area contributed by atoms with E-state index in [-0.39, 0.29) is 5.56 Å². The molecule has 0 aliphatic heterocycles. The average Bonchev–Trinajstić information content (AvgIpc) is 2.62. The molecule has 1 aromatic heterocycles. The number of allylic oxidation sites excluding steroid dienone is 2. The van der Waals surface area contributed by atoms with E-state index in [0.29, 0.717) is 11.4 Å². The Hall–Kier alpha value is -3.20. The van der Waals surface area contributed by atoms with Gasteiger partial charge in [0, 0.05) is 11.8 Å². The fourth-order valence-electron chi connectivity index (χ4n) is 2.36. The summed E-state index contributed by atoms with van der Waals surface area (Å²) in [5.74, 6) is 0.623. The first-order chi connectivity index (χ1) is 11.3. The molecule has 0 amide bonds. The maximum atomic E-state index is 12.9. The van der Waals surface area contributed by atoms with Gasteiger partial charge in [0.25, 0.3) is 5.56 Å². The summed E-state index contributed by atoms with van der Waals surface area (Å²) in [4.78, 5) is 17.4. The lowest BCUT2D eigenvalue weighted by atomic mass is 10.2. The Bertz CT molecular complexity index is 894. The molecule has 0 atom stereocenters. The number of benzene rings is 2. The van der Waals surface area contributed by atoms with Crippen LogP contribution in [-0.2, 0) is 0 Å². The van der Waals surface area contributed by atoms with Crippen LogP contribution in [0, 0.1) is 0 Å². The first-order valence-electron chi connectivity index (χ1n) is 7.33. The van der Waals surface area contributed by atoms with Gasteiger partial charge in [0.1, 0.15) is 5.82 Å². The minimum Gasteiger partial charge on any atom is -0.268 e. The SMILES string of the molecule is C=C/C=C/c1cnc(-c2ccccc2)n(-c2ccccc2)c1=O. The molecule has 1 heterocycles. The second-order valence-electron chi connectivity index (χ2n) is 4.97. The summed E-state index contributed by atoms with van der Waals surface area (Å²) in [6.07, 6.45) is 6.69. The molecule has 3 nitrogen and oxygen atoms in total. The highest BCUT2D eigenvalue weighted by molar-refractivity contribution is 5.60. The quantitative estimate of drug-likeness (QED) is 0.680. The van der Waals surface area contributed by atoms with Gasteiger partial charge in [-0.3, -0.25) is 9.36 Å². The Morgan fingerprint density at radius 3 is 2.26 bits per heavy atom. The standard InChI is InChI=1S/C20H16N2O/c1-2-3-10-17-15-21-19(16-11-6-4-7-12-16)22(20(17)23)18-13-8-5-9-14-18/h2-15H,1H2/b10-3+. The van der Waals surface area contributed by atoms with Crippen LogP contribution in [0.1, 0.15) is 5.56 Å². The smallest absolute Gasteiger partial charge is 0.265 e. The Labute approximate surface area is 134 Å². The number of aromatic nitrogens is 2. The van der Waals surface area contributed by atoms with E-state index in [9.17, 15) is 4.79 Å². The third kappa shape index (κ3) is 3.04. The number of nitrogens with zero attached hydrogens (tertiary/aromatic N) is 2. The van der Waals surface area contributed by atoms with Crippen LogP contribution in [0.3, 0.4) is 0 Å². The molecule has 23 heavy (non-hydrogen) atoms. The van der Waals surface area contributed by atoms with Crippen molar-refractivity contribution in [3.63, 3.8) is 0 Å². The molecule has 112 valence electrons. The molecule has 0 unspecified atom stereocenters. The van der Waals surface area contributed by atoms with Crippen LogP contribution >= 0.6 is 0 Å². The van der Waals surface area contributed by atoms with Crippen LogP contribution in [-0.4, -0.2) is 9.55 Å². The van der Waals surface area contributed by atoms with Crippen molar-refractivity contribution in [3.05, 3.63) is 102 Å². The zero-order valence-electron chi connectivity index (χ0n) is 12.6. The Morgan fingerprint density at radius 2 is 1.61 bits per heavy atom. The third-order valence-electron chi connectivity index (χ3n) is 3.45. The molecule has 3 heteroatoms. The summed E-state index contributed by atoms with van der Waals surface area (Å²) in [5, 5.41) is 0. The van der Waals surface area contributed by atoms with Gasteiger partial charge in [-0.1, -0.05) is 67.3 Å². The first-order valence-corrected chi connectivity index (χ1v) is 7.33. The van der Waals surface area contributed by atoms with Crippen LogP contribution in [0.2, 0.25) is 0 Å². The van der Waals surface area contributed by atoms with Crippen LogP contribution in [0.15, 0.2) is 90.4 Å². The summed E-state index contributed by atoms with van der Waals surface area (Å²) in [6.45, 7) is 3.64. The van der Waals surface area contributed by atoms with Gasteiger partial charge >= 0.3 is 0 Å². The molecule has 0 bridgehead atoms. The normalized spacial score (nSPS) is 10.8. The second kappa shape index (κ2) is 6.71. The van der Waals surface area contributed by atoms with Crippen molar-refractivity contribution < 1.29 is 0 Å².